The first kappa shape index (κ1) is 11.7. The molecular weight excluding hydrogens is 196 g/mol. The second-order valence-corrected chi connectivity index (χ2v) is 3.81. The molecule has 1 aliphatic rings. The number of ketones is 1. The summed E-state index contributed by atoms with van der Waals surface area (Å²) in [7, 11) is 3.63. The van der Waals surface area contributed by atoms with E-state index in [9.17, 15) is 14.7 Å². The number of carbonyl (C=O) groups is 2. The molecule has 0 spiro atoms. The van der Waals surface area contributed by atoms with E-state index in [0.717, 1.165) is 0 Å². The van der Waals surface area contributed by atoms with Gasteiger partial charge in [-0.1, -0.05) is 0 Å². The molecule has 1 heterocycles. The maximum Gasteiger partial charge on any atom is 0.251 e. The molecule has 0 bridgehead atoms. The van der Waals surface area contributed by atoms with Crippen molar-refractivity contribution in [1.29, 1.82) is 0 Å². The number of rotatable bonds is 4. The Hall–Kier alpha value is -1.36. The van der Waals surface area contributed by atoms with Crippen molar-refractivity contribution in [1.82, 2.24) is 9.80 Å². The Labute approximate surface area is 89.0 Å². The minimum atomic E-state index is -0.921. The molecule has 0 saturated carbocycles. The molecule has 0 unspecified atom stereocenters. The largest absolute Gasteiger partial charge is 0.383 e. The zero-order valence-electron chi connectivity index (χ0n) is 9.01. The summed E-state index contributed by atoms with van der Waals surface area (Å²) in [5.41, 5.74) is 0. The lowest BCUT2D eigenvalue weighted by Crippen LogP contribution is -2.33. The molecule has 15 heavy (non-hydrogen) atoms. The number of hydrogen-bond donors (Lipinski definition) is 1. The summed E-state index contributed by atoms with van der Waals surface area (Å²) in [5.74, 6) is -0.479. The molecule has 0 aliphatic carbocycles. The van der Waals surface area contributed by atoms with Gasteiger partial charge in [0.25, 0.3) is 5.91 Å². The van der Waals surface area contributed by atoms with Gasteiger partial charge in [0.2, 0.25) is 0 Å². The molecule has 1 atom stereocenters. The van der Waals surface area contributed by atoms with Crippen molar-refractivity contribution >= 4 is 11.7 Å². The second-order valence-electron chi connectivity index (χ2n) is 3.81. The molecule has 1 N–H and O–H groups in total. The molecule has 1 rings (SSSR count). The van der Waals surface area contributed by atoms with Crippen molar-refractivity contribution in [3.05, 3.63) is 12.3 Å². The van der Waals surface area contributed by atoms with Crippen LogP contribution in [0.5, 0.6) is 0 Å². The van der Waals surface area contributed by atoms with Crippen molar-refractivity contribution < 1.29 is 14.7 Å². The van der Waals surface area contributed by atoms with Gasteiger partial charge in [-0.2, -0.15) is 0 Å². The van der Waals surface area contributed by atoms with Crippen LogP contribution in [0.4, 0.5) is 0 Å². The van der Waals surface area contributed by atoms with E-state index in [4.69, 9.17) is 0 Å². The Kier molecular flexibility index (Phi) is 3.85. The van der Waals surface area contributed by atoms with Crippen LogP contribution in [0.3, 0.4) is 0 Å². The lowest BCUT2D eigenvalue weighted by atomic mass is 10.3. The van der Waals surface area contributed by atoms with Crippen molar-refractivity contribution in [2.45, 2.75) is 12.5 Å². The van der Waals surface area contributed by atoms with Gasteiger partial charge in [-0.3, -0.25) is 9.59 Å². The molecule has 5 nitrogen and oxygen atoms in total. The summed E-state index contributed by atoms with van der Waals surface area (Å²) in [5, 5.41) is 9.17. The van der Waals surface area contributed by atoms with E-state index in [1.807, 2.05) is 14.1 Å². The van der Waals surface area contributed by atoms with Crippen molar-refractivity contribution in [3.63, 3.8) is 0 Å². The molecule has 1 aliphatic heterocycles. The number of likely N-dealkylation sites (tertiary alicyclic amines) is 1. The zero-order valence-corrected chi connectivity index (χ0v) is 9.01. The van der Waals surface area contributed by atoms with E-state index in [1.54, 1.807) is 11.1 Å². The van der Waals surface area contributed by atoms with Crippen LogP contribution < -0.4 is 0 Å². The van der Waals surface area contributed by atoms with Gasteiger partial charge < -0.3 is 14.9 Å². The lowest BCUT2D eigenvalue weighted by molar-refractivity contribution is -0.136. The molecule has 0 aromatic rings. The highest BCUT2D eigenvalue weighted by molar-refractivity contribution is 5.95. The van der Waals surface area contributed by atoms with Gasteiger partial charge in [0, 0.05) is 26.8 Å². The SMILES string of the molecule is CN(C)C=CC(=O)CN1CC[C@@H](O)C1=O. The number of hydrogen-bond acceptors (Lipinski definition) is 4. The topological polar surface area (TPSA) is 60.9 Å². The van der Waals surface area contributed by atoms with Crippen LogP contribution in [0.25, 0.3) is 0 Å². The Morgan fingerprint density at radius 1 is 1.67 bits per heavy atom. The van der Waals surface area contributed by atoms with Gasteiger partial charge in [0.15, 0.2) is 5.78 Å². The van der Waals surface area contributed by atoms with Crippen LogP contribution in [0.15, 0.2) is 12.3 Å². The fourth-order valence-electron chi connectivity index (χ4n) is 1.35. The van der Waals surface area contributed by atoms with E-state index in [1.165, 1.54) is 11.0 Å². The third kappa shape index (κ3) is 3.36. The fourth-order valence-corrected chi connectivity index (χ4v) is 1.35. The summed E-state index contributed by atoms with van der Waals surface area (Å²) >= 11 is 0. The first-order valence-corrected chi connectivity index (χ1v) is 4.85. The van der Waals surface area contributed by atoms with Crippen molar-refractivity contribution in [3.8, 4) is 0 Å². The molecular formula is C10H16N2O3. The van der Waals surface area contributed by atoms with E-state index in [-0.39, 0.29) is 18.2 Å². The summed E-state index contributed by atoms with van der Waals surface area (Å²) in [6.45, 7) is 0.516. The number of aliphatic hydroxyl groups is 1. The van der Waals surface area contributed by atoms with Crippen LogP contribution >= 0.6 is 0 Å². The molecule has 0 radical (unpaired) electrons. The third-order valence-electron chi connectivity index (χ3n) is 2.17. The first-order valence-electron chi connectivity index (χ1n) is 4.85. The highest BCUT2D eigenvalue weighted by Gasteiger charge is 2.30. The maximum atomic E-state index is 11.4. The van der Waals surface area contributed by atoms with Gasteiger partial charge in [-0.15, -0.1) is 0 Å². The monoisotopic (exact) mass is 212 g/mol. The predicted molar refractivity (Wildman–Crippen MR) is 55.0 cm³/mol. The Bertz CT molecular complexity index is 286. The molecule has 0 aromatic carbocycles. The summed E-state index contributed by atoms with van der Waals surface area (Å²) in [4.78, 5) is 25.8. The maximum absolute atomic E-state index is 11.4. The molecule has 1 saturated heterocycles. The Morgan fingerprint density at radius 2 is 2.33 bits per heavy atom. The Morgan fingerprint density at radius 3 is 2.80 bits per heavy atom. The van der Waals surface area contributed by atoms with Crippen LogP contribution in [0, 0.1) is 0 Å². The van der Waals surface area contributed by atoms with Gasteiger partial charge >= 0.3 is 0 Å². The predicted octanol–water partition coefficient (Wildman–Crippen LogP) is -0.776. The van der Waals surface area contributed by atoms with Gasteiger partial charge in [0.1, 0.15) is 6.10 Å². The fraction of sp³-hybridized carbons (Fsp3) is 0.600. The Balaban J connectivity index is 2.42. The van der Waals surface area contributed by atoms with Crippen LogP contribution in [0.1, 0.15) is 6.42 Å². The number of amides is 1. The molecule has 84 valence electrons. The van der Waals surface area contributed by atoms with E-state index in [0.29, 0.717) is 13.0 Å². The minimum Gasteiger partial charge on any atom is -0.383 e. The molecule has 1 fully saturated rings. The van der Waals surface area contributed by atoms with E-state index < -0.39 is 6.10 Å². The smallest absolute Gasteiger partial charge is 0.251 e. The quantitative estimate of drug-likeness (QED) is 0.621. The lowest BCUT2D eigenvalue weighted by Gasteiger charge is -2.13. The highest BCUT2D eigenvalue weighted by atomic mass is 16.3. The molecule has 1 amide bonds. The first-order chi connectivity index (χ1) is 7.00. The number of carbonyl (C=O) groups excluding carboxylic acids is 2. The normalized spacial score (nSPS) is 21.4. The van der Waals surface area contributed by atoms with E-state index in [2.05, 4.69) is 0 Å². The number of aliphatic hydroxyl groups excluding tert-OH is 1. The molecule has 5 heteroatoms. The highest BCUT2D eigenvalue weighted by Crippen LogP contribution is 2.10. The minimum absolute atomic E-state index is 0.0558. The summed E-state index contributed by atoms with van der Waals surface area (Å²) < 4.78 is 0. The average Bonchev–Trinajstić information content (AvgIpc) is 2.47. The van der Waals surface area contributed by atoms with E-state index >= 15 is 0 Å². The van der Waals surface area contributed by atoms with Crippen molar-refractivity contribution in [2.24, 2.45) is 0 Å². The number of nitrogens with zero attached hydrogens (tertiary/aromatic N) is 2. The van der Waals surface area contributed by atoms with Crippen LogP contribution in [-0.4, -0.2) is 59.9 Å². The van der Waals surface area contributed by atoms with Crippen LogP contribution in [-0.2, 0) is 9.59 Å². The van der Waals surface area contributed by atoms with Gasteiger partial charge in [-0.05, 0) is 12.5 Å². The van der Waals surface area contributed by atoms with Crippen LogP contribution in [0.2, 0.25) is 0 Å². The zero-order chi connectivity index (χ0) is 11.4. The summed E-state index contributed by atoms with van der Waals surface area (Å²) in [6, 6.07) is 0. The standard InChI is InChI=1S/C10H16N2O3/c1-11(2)5-3-8(13)7-12-6-4-9(14)10(12)15/h3,5,9,14H,4,6-7H2,1-2H3/t9-/m1/s1. The van der Waals surface area contributed by atoms with Gasteiger partial charge in [-0.25, -0.2) is 0 Å². The average molecular weight is 212 g/mol. The third-order valence-corrected chi connectivity index (χ3v) is 2.17. The van der Waals surface area contributed by atoms with Crippen molar-refractivity contribution in [2.75, 3.05) is 27.2 Å². The summed E-state index contributed by atoms with van der Waals surface area (Å²) in [6.07, 6.45) is 2.57. The second kappa shape index (κ2) is 4.93. The molecule has 0 aromatic heterocycles. The van der Waals surface area contributed by atoms with Gasteiger partial charge in [0.05, 0.1) is 6.54 Å².